The number of aliphatic hydroxyl groups is 2. The molecule has 0 radical (unpaired) electrons. The van der Waals surface area contributed by atoms with Gasteiger partial charge < -0.3 is 30.5 Å². The number of hydrogen-bond acceptors (Lipinski definition) is 8. The van der Waals surface area contributed by atoms with E-state index in [9.17, 15) is 19.8 Å². The van der Waals surface area contributed by atoms with Crippen molar-refractivity contribution in [3.05, 3.63) is 89.0 Å². The molecular weight excluding hydrogens is 681 g/mol. The molecule has 7 rings (SSSR count). The highest BCUT2D eigenvalue weighted by Crippen LogP contribution is 2.61. The number of nitrogens with one attached hydrogen (secondary N) is 2. The minimum absolute atomic E-state index is 0.0426. The first kappa shape index (κ1) is 39.9. The maximum absolute atomic E-state index is 14.2. The Morgan fingerprint density at radius 3 is 2.44 bits per heavy atom. The summed E-state index contributed by atoms with van der Waals surface area (Å²) < 4.78 is 6.06. The third kappa shape index (κ3) is 8.23. The van der Waals surface area contributed by atoms with Crippen LogP contribution in [-0.2, 0) is 22.6 Å². The summed E-state index contributed by atoms with van der Waals surface area (Å²) in [5.41, 5.74) is 5.32. The normalized spacial score (nSPS) is 27.2. The number of benzene rings is 3. The lowest BCUT2D eigenvalue weighted by atomic mass is 9.45. The zero-order valence-electron chi connectivity index (χ0n) is 33.2. The number of carbonyl (C=O) groups is 2. The van der Waals surface area contributed by atoms with Crippen LogP contribution in [0.5, 0.6) is 5.75 Å². The molecule has 1 heterocycles. The smallest absolute Gasteiger partial charge is 0.251 e. The Kier molecular flexibility index (Phi) is 12.2. The molecule has 4 N–H and O–H groups in total. The minimum Gasteiger partial charge on any atom is -0.496 e. The zero-order chi connectivity index (χ0) is 38.9. The van der Waals surface area contributed by atoms with Crippen LogP contribution in [0.2, 0.25) is 0 Å². The van der Waals surface area contributed by atoms with Gasteiger partial charge in [0.2, 0.25) is 5.91 Å². The van der Waals surface area contributed by atoms with Crippen molar-refractivity contribution < 1.29 is 29.4 Å². The lowest BCUT2D eigenvalue weighted by Gasteiger charge is -2.62. The Morgan fingerprint density at radius 2 is 1.81 bits per heavy atom. The lowest BCUT2D eigenvalue weighted by molar-refractivity contribution is -0.183. The third-order valence-corrected chi connectivity index (χ3v) is 12.6. The van der Waals surface area contributed by atoms with Crippen LogP contribution in [0.15, 0.2) is 66.7 Å². The molecular formula is C44H60N4O6. The molecule has 292 valence electrons. The van der Waals surface area contributed by atoms with Crippen LogP contribution < -0.4 is 15.4 Å². The van der Waals surface area contributed by atoms with Gasteiger partial charge in [-0.3, -0.25) is 14.4 Å². The van der Waals surface area contributed by atoms with Gasteiger partial charge in [0.15, 0.2) is 0 Å². The van der Waals surface area contributed by atoms with E-state index in [0.717, 1.165) is 34.2 Å². The van der Waals surface area contributed by atoms with E-state index < -0.39 is 24.2 Å². The van der Waals surface area contributed by atoms with Gasteiger partial charge in [-0.1, -0.05) is 75.4 Å². The monoisotopic (exact) mass is 740 g/mol. The Morgan fingerprint density at radius 1 is 1.07 bits per heavy atom. The molecule has 0 aromatic heterocycles. The summed E-state index contributed by atoms with van der Waals surface area (Å²) in [6.07, 6.45) is 1.21. The van der Waals surface area contributed by atoms with Crippen LogP contribution in [0.3, 0.4) is 0 Å². The molecule has 3 saturated carbocycles. The number of aliphatic hydroxyl groups excluding tert-OH is 2. The van der Waals surface area contributed by atoms with Gasteiger partial charge in [0.05, 0.1) is 26.4 Å². The second-order valence-corrected chi connectivity index (χ2v) is 16.9. The van der Waals surface area contributed by atoms with Crippen LogP contribution in [0, 0.1) is 36.0 Å². The van der Waals surface area contributed by atoms with Crippen molar-refractivity contribution in [3.8, 4) is 16.9 Å². The topological polar surface area (TPSA) is 124 Å². The molecule has 4 aliphatic rings. The summed E-state index contributed by atoms with van der Waals surface area (Å²) >= 11 is 0. The minimum atomic E-state index is -0.894. The predicted molar refractivity (Wildman–Crippen MR) is 211 cm³/mol. The van der Waals surface area contributed by atoms with Crippen molar-refractivity contribution >= 4 is 11.8 Å². The first-order valence-electron chi connectivity index (χ1n) is 19.5. The maximum Gasteiger partial charge on any atom is 0.251 e. The number of ether oxygens (including phenoxy) is 1. The van der Waals surface area contributed by atoms with E-state index in [1.54, 1.807) is 19.1 Å². The summed E-state index contributed by atoms with van der Waals surface area (Å²) in [7, 11) is 5.62. The van der Waals surface area contributed by atoms with Gasteiger partial charge in [-0.15, -0.1) is 0 Å². The Hall–Kier alpha value is -3.80. The number of aryl methyl sites for hydroxylation is 1. The molecule has 0 spiro atoms. The summed E-state index contributed by atoms with van der Waals surface area (Å²) in [4.78, 5) is 36.4. The van der Waals surface area contributed by atoms with Crippen molar-refractivity contribution in [1.82, 2.24) is 20.6 Å². The van der Waals surface area contributed by atoms with Crippen molar-refractivity contribution in [2.45, 2.75) is 90.8 Å². The van der Waals surface area contributed by atoms with Crippen molar-refractivity contribution in [1.29, 1.82) is 0 Å². The summed E-state index contributed by atoms with van der Waals surface area (Å²) in [5.74, 6) is 1.09. The number of hydrogen-bond donors (Lipinski definition) is 4. The van der Waals surface area contributed by atoms with Gasteiger partial charge in [-0.25, -0.2) is 0 Å². The second kappa shape index (κ2) is 16.5. The molecule has 0 unspecified atom stereocenters. The Bertz CT molecular complexity index is 1780. The highest BCUT2D eigenvalue weighted by molar-refractivity contribution is 5.96. The van der Waals surface area contributed by atoms with Gasteiger partial charge in [-0.2, -0.15) is 5.06 Å². The number of amides is 2. The number of rotatable bonds is 14. The highest BCUT2D eigenvalue weighted by atomic mass is 16.7. The largest absolute Gasteiger partial charge is 0.496 e. The van der Waals surface area contributed by atoms with E-state index in [2.05, 4.69) is 48.4 Å². The molecule has 2 amide bonds. The first-order valence-corrected chi connectivity index (χ1v) is 19.5. The van der Waals surface area contributed by atoms with Gasteiger partial charge in [-0.05, 0) is 99.2 Å². The molecule has 2 bridgehead atoms. The van der Waals surface area contributed by atoms with E-state index in [4.69, 9.17) is 9.57 Å². The first-order chi connectivity index (χ1) is 25.7. The third-order valence-electron chi connectivity index (χ3n) is 12.6. The van der Waals surface area contributed by atoms with Crippen LogP contribution >= 0.6 is 0 Å². The van der Waals surface area contributed by atoms with E-state index in [1.165, 1.54) is 6.42 Å². The zero-order valence-corrected chi connectivity index (χ0v) is 33.2. The molecule has 10 nitrogen and oxygen atoms in total. The standard InChI is InChI=1S/C44H60N4O6/c1-26-17-31(20-32(18-26)42(51)45-34(24-47(6)7)19-29-13-10-9-11-14-29)35-16-12-15-30(41(35)53-8)23-48-40(39(28(3)50)38(25-49)54-48)43(52)46-37-22-33-21-36(27(37)2)44(33,4)5/h9-18,20,27-28,33-34,36-40,49-50H,19,21-25H2,1-8H3,(H,45,51)(H,46,52)/t27-,28-,33+,34+,36-,37-,38-,39-,40-/m0/s1. The Balaban J connectivity index is 1.25. The number of carbonyl (C=O) groups excluding carboxylic acids is 2. The number of methoxy groups -OCH3 is 1. The summed E-state index contributed by atoms with van der Waals surface area (Å²) in [5, 5.41) is 29.5. The number of hydroxylamine groups is 2. The molecule has 9 atom stereocenters. The Labute approximate surface area is 321 Å². The van der Waals surface area contributed by atoms with E-state index >= 15 is 0 Å². The fourth-order valence-electron chi connectivity index (χ4n) is 9.67. The summed E-state index contributed by atoms with van der Waals surface area (Å²) in [6, 6.07) is 21.0. The maximum atomic E-state index is 14.2. The van der Waals surface area contributed by atoms with Gasteiger partial charge >= 0.3 is 0 Å². The molecule has 4 fully saturated rings. The molecule has 3 aromatic rings. The molecule has 10 heteroatoms. The van der Waals surface area contributed by atoms with Crippen LogP contribution in [0.4, 0.5) is 0 Å². The van der Waals surface area contributed by atoms with Crippen molar-refractivity contribution in [2.75, 3.05) is 34.4 Å². The highest BCUT2D eigenvalue weighted by Gasteiger charge is 2.57. The van der Waals surface area contributed by atoms with Gasteiger partial charge in [0, 0.05) is 41.2 Å². The van der Waals surface area contributed by atoms with Crippen LogP contribution in [-0.4, -0.2) is 96.7 Å². The second-order valence-electron chi connectivity index (χ2n) is 16.9. The van der Waals surface area contributed by atoms with Crippen LogP contribution in [0.25, 0.3) is 11.1 Å². The molecule has 3 aromatic carbocycles. The van der Waals surface area contributed by atoms with Crippen molar-refractivity contribution in [3.63, 3.8) is 0 Å². The fourth-order valence-corrected chi connectivity index (χ4v) is 9.67. The lowest BCUT2D eigenvalue weighted by Crippen LogP contribution is -2.62. The van der Waals surface area contributed by atoms with Gasteiger partial charge in [0.1, 0.15) is 17.9 Å². The van der Waals surface area contributed by atoms with Crippen LogP contribution in [0.1, 0.15) is 67.6 Å². The SMILES string of the molecule is COc1c(CN2O[C@@H](CO)[C@H]([C@H](C)O)[C@H]2C(=O)N[C@H]2C[C@H]3C[C@@H]([C@@H]2C)C3(C)C)cccc1-c1cc(C)cc(C(=O)N[C@H](Cc2ccccc2)CN(C)C)c1. The number of likely N-dealkylation sites (N-methyl/N-ethyl adjacent to an activating group) is 1. The van der Waals surface area contributed by atoms with E-state index in [0.29, 0.717) is 42.0 Å². The molecule has 1 saturated heterocycles. The van der Waals surface area contributed by atoms with Gasteiger partial charge in [0.25, 0.3) is 5.91 Å². The average Bonchev–Trinajstić information content (AvgIpc) is 3.50. The fraction of sp³-hybridized carbons (Fsp3) is 0.545. The average molecular weight is 741 g/mol. The van der Waals surface area contributed by atoms with E-state index in [-0.39, 0.29) is 42.5 Å². The summed E-state index contributed by atoms with van der Waals surface area (Å²) in [6.45, 7) is 11.1. The quantitative estimate of drug-likeness (QED) is 0.177. The molecule has 54 heavy (non-hydrogen) atoms. The molecule has 3 aliphatic carbocycles. The molecule has 1 aliphatic heterocycles. The van der Waals surface area contributed by atoms with Crippen molar-refractivity contribution in [2.24, 2.45) is 29.1 Å². The number of nitrogens with zero attached hydrogens (tertiary/aromatic N) is 2. The predicted octanol–water partition coefficient (Wildman–Crippen LogP) is 5.23. The number of fused-ring (bicyclic) bond motifs is 2. The number of para-hydroxylation sites is 1. The van der Waals surface area contributed by atoms with E-state index in [1.807, 2.05) is 75.6 Å².